The van der Waals surface area contributed by atoms with Gasteiger partial charge in [-0.1, -0.05) is 5.16 Å². The van der Waals surface area contributed by atoms with Crippen LogP contribution in [0.3, 0.4) is 0 Å². The second kappa shape index (κ2) is 3.66. The summed E-state index contributed by atoms with van der Waals surface area (Å²) in [6.45, 7) is 1.80. The van der Waals surface area contributed by atoms with Crippen LogP contribution in [0.1, 0.15) is 5.56 Å². The molecule has 0 saturated heterocycles. The average molecular weight is 271 g/mol. The molecule has 0 amide bonds. The standard InChI is InChI=1S/C10H8BrFN2O/c1-5-9(15-14-10(5)13)7-3-2-6(12)4-8(7)11/h2-4H,1H3,(H2,13,14). The summed E-state index contributed by atoms with van der Waals surface area (Å²) in [4.78, 5) is 0. The van der Waals surface area contributed by atoms with E-state index in [4.69, 9.17) is 10.3 Å². The molecule has 0 atom stereocenters. The van der Waals surface area contributed by atoms with Crippen molar-refractivity contribution in [2.45, 2.75) is 6.92 Å². The molecule has 2 rings (SSSR count). The van der Waals surface area contributed by atoms with E-state index in [0.29, 0.717) is 16.1 Å². The summed E-state index contributed by atoms with van der Waals surface area (Å²) in [5.41, 5.74) is 7.05. The summed E-state index contributed by atoms with van der Waals surface area (Å²) in [5, 5.41) is 3.64. The number of hydrogen-bond donors (Lipinski definition) is 1. The summed E-state index contributed by atoms with van der Waals surface area (Å²) in [7, 11) is 0. The van der Waals surface area contributed by atoms with Gasteiger partial charge in [-0.3, -0.25) is 0 Å². The molecular formula is C10H8BrFN2O. The van der Waals surface area contributed by atoms with Crippen molar-refractivity contribution in [3.05, 3.63) is 34.1 Å². The normalized spacial score (nSPS) is 10.6. The fraction of sp³-hybridized carbons (Fsp3) is 0.100. The first kappa shape index (κ1) is 10.2. The zero-order chi connectivity index (χ0) is 11.0. The Morgan fingerprint density at radius 3 is 2.73 bits per heavy atom. The van der Waals surface area contributed by atoms with Gasteiger partial charge >= 0.3 is 0 Å². The third kappa shape index (κ3) is 1.74. The second-order valence-corrected chi connectivity index (χ2v) is 4.00. The summed E-state index contributed by atoms with van der Waals surface area (Å²) in [5.74, 6) is 0.594. The molecule has 1 heterocycles. The Morgan fingerprint density at radius 1 is 1.47 bits per heavy atom. The smallest absolute Gasteiger partial charge is 0.173 e. The van der Waals surface area contributed by atoms with Crippen molar-refractivity contribution in [2.75, 3.05) is 5.73 Å². The van der Waals surface area contributed by atoms with Crippen molar-refractivity contribution < 1.29 is 8.91 Å². The van der Waals surface area contributed by atoms with Gasteiger partial charge in [0.25, 0.3) is 0 Å². The SMILES string of the molecule is Cc1c(N)noc1-c1ccc(F)cc1Br. The minimum Gasteiger partial charge on any atom is -0.381 e. The minimum atomic E-state index is -0.309. The first-order valence-corrected chi connectivity index (χ1v) is 5.06. The summed E-state index contributed by atoms with van der Waals surface area (Å²) in [6, 6.07) is 4.35. The van der Waals surface area contributed by atoms with E-state index in [2.05, 4.69) is 21.1 Å². The number of nitrogens with zero attached hydrogens (tertiary/aromatic N) is 1. The average Bonchev–Trinajstić information content (AvgIpc) is 2.49. The van der Waals surface area contributed by atoms with Crippen LogP contribution >= 0.6 is 15.9 Å². The molecule has 0 unspecified atom stereocenters. The van der Waals surface area contributed by atoms with E-state index in [1.807, 2.05) is 0 Å². The third-order valence-corrected chi connectivity index (χ3v) is 2.79. The first-order chi connectivity index (χ1) is 7.09. The number of nitrogen functional groups attached to an aromatic ring is 1. The Kier molecular flexibility index (Phi) is 2.48. The topological polar surface area (TPSA) is 52.0 Å². The highest BCUT2D eigenvalue weighted by atomic mass is 79.9. The van der Waals surface area contributed by atoms with E-state index in [1.54, 1.807) is 13.0 Å². The van der Waals surface area contributed by atoms with Crippen LogP contribution in [0.15, 0.2) is 27.2 Å². The molecule has 5 heteroatoms. The maximum atomic E-state index is 12.9. The van der Waals surface area contributed by atoms with Gasteiger partial charge in [-0.2, -0.15) is 0 Å². The Hall–Kier alpha value is -1.36. The molecule has 0 bridgehead atoms. The molecular weight excluding hydrogens is 263 g/mol. The number of anilines is 1. The number of aromatic nitrogens is 1. The quantitative estimate of drug-likeness (QED) is 0.866. The van der Waals surface area contributed by atoms with E-state index in [-0.39, 0.29) is 5.82 Å². The fourth-order valence-electron chi connectivity index (χ4n) is 1.27. The van der Waals surface area contributed by atoms with Crippen LogP contribution in [-0.2, 0) is 0 Å². The lowest BCUT2D eigenvalue weighted by Gasteiger charge is -2.00. The summed E-state index contributed by atoms with van der Waals surface area (Å²) >= 11 is 3.26. The van der Waals surface area contributed by atoms with Crippen molar-refractivity contribution in [3.63, 3.8) is 0 Å². The molecule has 0 aliphatic heterocycles. The Bertz CT molecular complexity index is 510. The predicted molar refractivity (Wildman–Crippen MR) is 58.7 cm³/mol. The van der Waals surface area contributed by atoms with Gasteiger partial charge in [0, 0.05) is 15.6 Å². The molecule has 0 spiro atoms. The number of hydrogen-bond acceptors (Lipinski definition) is 3. The third-order valence-electron chi connectivity index (χ3n) is 2.14. The lowest BCUT2D eigenvalue weighted by molar-refractivity contribution is 0.435. The number of nitrogens with two attached hydrogens (primary N) is 1. The number of rotatable bonds is 1. The zero-order valence-corrected chi connectivity index (χ0v) is 9.51. The molecule has 0 fully saturated rings. The summed E-state index contributed by atoms with van der Waals surface area (Å²) < 4.78 is 18.6. The zero-order valence-electron chi connectivity index (χ0n) is 7.92. The van der Waals surface area contributed by atoms with Gasteiger partial charge < -0.3 is 10.3 Å². The Balaban J connectivity index is 2.59. The van der Waals surface area contributed by atoms with Gasteiger partial charge in [0.1, 0.15) is 5.82 Å². The highest BCUT2D eigenvalue weighted by Crippen LogP contribution is 2.32. The van der Waals surface area contributed by atoms with Crippen LogP contribution in [0.5, 0.6) is 0 Å². The van der Waals surface area contributed by atoms with E-state index >= 15 is 0 Å². The first-order valence-electron chi connectivity index (χ1n) is 4.26. The van der Waals surface area contributed by atoms with Gasteiger partial charge in [-0.15, -0.1) is 0 Å². The van der Waals surface area contributed by atoms with Crippen LogP contribution in [0.2, 0.25) is 0 Å². The van der Waals surface area contributed by atoms with Crippen molar-refractivity contribution >= 4 is 21.7 Å². The molecule has 3 nitrogen and oxygen atoms in total. The molecule has 2 aromatic rings. The van der Waals surface area contributed by atoms with Gasteiger partial charge in [0.2, 0.25) is 0 Å². The van der Waals surface area contributed by atoms with E-state index < -0.39 is 0 Å². The monoisotopic (exact) mass is 270 g/mol. The molecule has 0 aliphatic rings. The van der Waals surface area contributed by atoms with Gasteiger partial charge in [-0.25, -0.2) is 4.39 Å². The van der Waals surface area contributed by atoms with Crippen LogP contribution in [-0.4, -0.2) is 5.16 Å². The van der Waals surface area contributed by atoms with Crippen molar-refractivity contribution in [2.24, 2.45) is 0 Å². The van der Waals surface area contributed by atoms with Gasteiger partial charge in [-0.05, 0) is 41.1 Å². The fourth-order valence-corrected chi connectivity index (χ4v) is 1.80. The molecule has 1 aromatic carbocycles. The predicted octanol–water partition coefficient (Wildman–Crippen LogP) is 3.13. The molecule has 78 valence electrons. The van der Waals surface area contributed by atoms with Crippen LogP contribution in [0, 0.1) is 12.7 Å². The molecule has 0 radical (unpaired) electrons. The highest BCUT2D eigenvalue weighted by molar-refractivity contribution is 9.10. The molecule has 2 N–H and O–H groups in total. The van der Waals surface area contributed by atoms with Crippen LogP contribution in [0.4, 0.5) is 10.2 Å². The number of halogens is 2. The second-order valence-electron chi connectivity index (χ2n) is 3.15. The van der Waals surface area contributed by atoms with Crippen molar-refractivity contribution in [1.29, 1.82) is 0 Å². The molecule has 1 aromatic heterocycles. The maximum absolute atomic E-state index is 12.9. The maximum Gasteiger partial charge on any atom is 0.173 e. The van der Waals surface area contributed by atoms with E-state index in [0.717, 1.165) is 11.1 Å². The van der Waals surface area contributed by atoms with Gasteiger partial charge in [0.15, 0.2) is 11.6 Å². The molecule has 0 saturated carbocycles. The van der Waals surface area contributed by atoms with Crippen LogP contribution in [0.25, 0.3) is 11.3 Å². The Morgan fingerprint density at radius 2 is 2.20 bits per heavy atom. The summed E-state index contributed by atoms with van der Waals surface area (Å²) in [6.07, 6.45) is 0. The lowest BCUT2D eigenvalue weighted by atomic mass is 10.1. The van der Waals surface area contributed by atoms with E-state index in [9.17, 15) is 4.39 Å². The number of benzene rings is 1. The van der Waals surface area contributed by atoms with Crippen LogP contribution < -0.4 is 5.73 Å². The highest BCUT2D eigenvalue weighted by Gasteiger charge is 2.14. The molecule has 0 aliphatic carbocycles. The largest absolute Gasteiger partial charge is 0.381 e. The Labute approximate surface area is 94.2 Å². The van der Waals surface area contributed by atoms with Crippen molar-refractivity contribution in [3.8, 4) is 11.3 Å². The van der Waals surface area contributed by atoms with Gasteiger partial charge in [0.05, 0.1) is 0 Å². The van der Waals surface area contributed by atoms with E-state index in [1.165, 1.54) is 12.1 Å². The lowest BCUT2D eigenvalue weighted by Crippen LogP contribution is -1.87. The molecule has 15 heavy (non-hydrogen) atoms. The van der Waals surface area contributed by atoms with Crippen molar-refractivity contribution in [1.82, 2.24) is 5.16 Å². The minimum absolute atomic E-state index is 0.309.